The highest BCUT2D eigenvalue weighted by molar-refractivity contribution is 5.80. The van der Waals surface area contributed by atoms with Gasteiger partial charge in [0.2, 0.25) is 5.91 Å². The zero-order valence-electron chi connectivity index (χ0n) is 9.45. The summed E-state index contributed by atoms with van der Waals surface area (Å²) in [4.78, 5) is 10.9. The number of amides is 1. The Kier molecular flexibility index (Phi) is 3.40. The first-order valence-corrected chi connectivity index (χ1v) is 5.35. The molecule has 2 unspecified atom stereocenters. The quantitative estimate of drug-likeness (QED) is 0.607. The molecular weight excluding hydrogens is 234 g/mol. The minimum atomic E-state index is -1.66. The molecule has 1 aromatic heterocycles. The molecule has 2 rings (SSSR count). The number of nitrogens with zero attached hydrogens (tertiary/aromatic N) is 1. The van der Waals surface area contributed by atoms with E-state index >= 15 is 0 Å². The Labute approximate surface area is 103 Å². The second-order valence-electron chi connectivity index (χ2n) is 3.86. The topological polar surface area (TPSA) is 112 Å². The van der Waals surface area contributed by atoms with Crippen LogP contribution in [0.3, 0.4) is 0 Å². The van der Waals surface area contributed by atoms with Crippen molar-refractivity contribution < 1.29 is 15.0 Å². The number of primary amides is 1. The average Bonchev–Trinajstić information content (AvgIpc) is 2.87. The molecule has 0 spiro atoms. The number of carbonyl (C=O) groups excluding carboxylic acids is 1. The molecule has 5 N–H and O–H groups in total. The van der Waals surface area contributed by atoms with Crippen LogP contribution in [0.5, 0.6) is 0 Å². The highest BCUT2D eigenvalue weighted by Gasteiger charge is 2.27. The lowest BCUT2D eigenvalue weighted by Crippen LogP contribution is -2.33. The first kappa shape index (κ1) is 12.3. The lowest BCUT2D eigenvalue weighted by molar-refractivity contribution is -0.131. The van der Waals surface area contributed by atoms with E-state index in [1.54, 1.807) is 0 Å². The van der Waals surface area contributed by atoms with Crippen LogP contribution in [0.2, 0.25) is 0 Å². The summed E-state index contributed by atoms with van der Waals surface area (Å²) < 4.78 is 0. The molecule has 0 fully saturated rings. The number of aromatic amines is 1. The molecule has 0 aliphatic heterocycles. The highest BCUT2D eigenvalue weighted by atomic mass is 16.3. The van der Waals surface area contributed by atoms with E-state index in [0.717, 1.165) is 5.56 Å². The fourth-order valence-corrected chi connectivity index (χ4v) is 1.68. The summed E-state index contributed by atoms with van der Waals surface area (Å²) in [5, 5.41) is 25.9. The monoisotopic (exact) mass is 247 g/mol. The van der Waals surface area contributed by atoms with Gasteiger partial charge in [0.25, 0.3) is 0 Å². The maximum absolute atomic E-state index is 10.9. The number of nitrogens with two attached hydrogens (primary N) is 1. The molecule has 0 saturated carbocycles. The Morgan fingerprint density at radius 1 is 1.28 bits per heavy atom. The van der Waals surface area contributed by atoms with Crippen LogP contribution < -0.4 is 5.73 Å². The summed E-state index contributed by atoms with van der Waals surface area (Å²) in [6.45, 7) is 0. The van der Waals surface area contributed by atoms with Gasteiger partial charge in [0.05, 0.1) is 11.9 Å². The van der Waals surface area contributed by atoms with Gasteiger partial charge in [-0.3, -0.25) is 9.89 Å². The normalized spacial score (nSPS) is 14.1. The van der Waals surface area contributed by atoms with Crippen LogP contribution in [0.4, 0.5) is 0 Å². The smallest absolute Gasteiger partial charge is 0.249 e. The number of H-pyrrole nitrogens is 1. The molecule has 94 valence electrons. The highest BCUT2D eigenvalue weighted by Crippen LogP contribution is 2.27. The molecule has 2 atom stereocenters. The van der Waals surface area contributed by atoms with Crippen molar-refractivity contribution in [3.8, 4) is 11.3 Å². The van der Waals surface area contributed by atoms with Gasteiger partial charge in [-0.2, -0.15) is 5.10 Å². The van der Waals surface area contributed by atoms with Crippen molar-refractivity contribution in [3.05, 3.63) is 42.1 Å². The van der Waals surface area contributed by atoms with Crippen LogP contribution in [0.15, 0.2) is 36.5 Å². The minimum absolute atomic E-state index is 0.326. The Morgan fingerprint density at radius 2 is 1.94 bits per heavy atom. The molecule has 0 radical (unpaired) electrons. The largest absolute Gasteiger partial charge is 0.385 e. The van der Waals surface area contributed by atoms with Crippen molar-refractivity contribution in [2.75, 3.05) is 0 Å². The Morgan fingerprint density at radius 3 is 2.56 bits per heavy atom. The standard InChI is InChI=1S/C12H13N3O3/c13-12(18)11(17)10(16)8-6-14-15-9(8)7-4-2-1-3-5-7/h1-6,10-11,16-17H,(H2,13,18)(H,14,15). The molecule has 0 aliphatic carbocycles. The predicted molar refractivity (Wildman–Crippen MR) is 64.2 cm³/mol. The Balaban J connectivity index is 2.37. The van der Waals surface area contributed by atoms with Gasteiger partial charge in [0.1, 0.15) is 6.10 Å². The molecule has 18 heavy (non-hydrogen) atoms. The summed E-state index contributed by atoms with van der Waals surface area (Å²) in [5.74, 6) is -0.984. The fraction of sp³-hybridized carbons (Fsp3) is 0.167. The van der Waals surface area contributed by atoms with Crippen molar-refractivity contribution in [2.45, 2.75) is 12.2 Å². The lowest BCUT2D eigenvalue weighted by Gasteiger charge is -2.14. The number of hydrogen-bond donors (Lipinski definition) is 4. The molecular formula is C12H13N3O3. The summed E-state index contributed by atoms with van der Waals surface area (Å²) >= 11 is 0. The van der Waals surface area contributed by atoms with Gasteiger partial charge in [-0.05, 0) is 5.56 Å². The lowest BCUT2D eigenvalue weighted by atomic mass is 10.0. The number of aromatic nitrogens is 2. The number of benzene rings is 1. The van der Waals surface area contributed by atoms with Crippen molar-refractivity contribution in [1.29, 1.82) is 0 Å². The summed E-state index contributed by atoms with van der Waals surface area (Å²) in [7, 11) is 0. The van der Waals surface area contributed by atoms with Gasteiger partial charge >= 0.3 is 0 Å². The van der Waals surface area contributed by atoms with E-state index in [-0.39, 0.29) is 0 Å². The zero-order valence-corrected chi connectivity index (χ0v) is 9.45. The summed E-state index contributed by atoms with van der Waals surface area (Å²) in [5.41, 5.74) is 6.62. The number of aliphatic hydroxyl groups excluding tert-OH is 2. The molecule has 2 aromatic rings. The van der Waals surface area contributed by atoms with Gasteiger partial charge in [-0.1, -0.05) is 30.3 Å². The van der Waals surface area contributed by atoms with Crippen molar-refractivity contribution in [2.24, 2.45) is 5.73 Å². The molecule has 1 amide bonds. The van der Waals surface area contributed by atoms with Gasteiger partial charge < -0.3 is 15.9 Å². The van der Waals surface area contributed by atoms with Crippen molar-refractivity contribution in [1.82, 2.24) is 10.2 Å². The van der Waals surface area contributed by atoms with E-state index in [4.69, 9.17) is 5.73 Å². The first-order valence-electron chi connectivity index (χ1n) is 5.35. The van der Waals surface area contributed by atoms with Gasteiger partial charge in [-0.15, -0.1) is 0 Å². The van der Waals surface area contributed by atoms with Crippen LogP contribution in [0, 0.1) is 0 Å². The van der Waals surface area contributed by atoms with Crippen LogP contribution in [0.25, 0.3) is 11.3 Å². The van der Waals surface area contributed by atoms with E-state index in [2.05, 4.69) is 10.2 Å². The number of aliphatic hydroxyl groups is 2. The fourth-order valence-electron chi connectivity index (χ4n) is 1.68. The molecule has 0 aliphatic rings. The third-order valence-corrected chi connectivity index (χ3v) is 2.64. The maximum atomic E-state index is 10.9. The van der Waals surface area contributed by atoms with Gasteiger partial charge in [-0.25, -0.2) is 0 Å². The van der Waals surface area contributed by atoms with E-state index < -0.39 is 18.1 Å². The Hall–Kier alpha value is -2.18. The molecule has 6 heteroatoms. The van der Waals surface area contributed by atoms with E-state index in [0.29, 0.717) is 11.3 Å². The van der Waals surface area contributed by atoms with Gasteiger partial charge in [0, 0.05) is 5.56 Å². The minimum Gasteiger partial charge on any atom is -0.385 e. The number of carbonyl (C=O) groups is 1. The summed E-state index contributed by atoms with van der Waals surface area (Å²) in [6, 6.07) is 9.16. The van der Waals surface area contributed by atoms with E-state index in [1.165, 1.54) is 6.20 Å². The van der Waals surface area contributed by atoms with Crippen LogP contribution in [-0.2, 0) is 4.79 Å². The number of rotatable bonds is 4. The van der Waals surface area contributed by atoms with Crippen LogP contribution in [0.1, 0.15) is 11.7 Å². The van der Waals surface area contributed by atoms with E-state index in [9.17, 15) is 15.0 Å². The number of nitrogens with one attached hydrogen (secondary N) is 1. The van der Waals surface area contributed by atoms with Crippen molar-refractivity contribution in [3.63, 3.8) is 0 Å². The van der Waals surface area contributed by atoms with Crippen LogP contribution >= 0.6 is 0 Å². The average molecular weight is 247 g/mol. The zero-order chi connectivity index (χ0) is 13.1. The molecule has 1 heterocycles. The number of hydrogen-bond acceptors (Lipinski definition) is 4. The molecule has 0 saturated heterocycles. The second kappa shape index (κ2) is 4.99. The SMILES string of the molecule is NC(=O)C(O)C(O)c1cn[nH]c1-c1ccccc1. The summed E-state index contributed by atoms with van der Waals surface area (Å²) in [6.07, 6.45) is -1.71. The van der Waals surface area contributed by atoms with Gasteiger partial charge in [0.15, 0.2) is 6.10 Å². The molecule has 0 bridgehead atoms. The third-order valence-electron chi connectivity index (χ3n) is 2.64. The second-order valence-corrected chi connectivity index (χ2v) is 3.86. The van der Waals surface area contributed by atoms with Crippen LogP contribution in [-0.4, -0.2) is 32.4 Å². The first-order chi connectivity index (χ1) is 8.61. The van der Waals surface area contributed by atoms with E-state index in [1.807, 2.05) is 30.3 Å². The predicted octanol–water partition coefficient (Wildman–Crippen LogP) is -0.0437. The third kappa shape index (κ3) is 2.24. The maximum Gasteiger partial charge on any atom is 0.249 e. The Bertz CT molecular complexity index is 539. The van der Waals surface area contributed by atoms with Crippen molar-refractivity contribution >= 4 is 5.91 Å². The molecule has 6 nitrogen and oxygen atoms in total. The molecule has 1 aromatic carbocycles.